The number of carbonyl (C=O) groups is 1. The normalized spacial score (nSPS) is 13.6. The van der Waals surface area contributed by atoms with Crippen molar-refractivity contribution in [2.45, 2.75) is 31.1 Å². The van der Waals surface area contributed by atoms with Crippen LogP contribution in [0.5, 0.6) is 11.5 Å². The van der Waals surface area contributed by atoms with E-state index < -0.39 is 10.0 Å². The molecular formula is C15H22N2O5S. The van der Waals surface area contributed by atoms with Gasteiger partial charge in [0.1, 0.15) is 13.2 Å². The zero-order valence-electron chi connectivity index (χ0n) is 13.1. The third-order valence-electron chi connectivity index (χ3n) is 3.35. The minimum absolute atomic E-state index is 0.0422. The van der Waals surface area contributed by atoms with Crippen molar-refractivity contribution in [3.05, 3.63) is 18.2 Å². The molecule has 2 N–H and O–H groups in total. The van der Waals surface area contributed by atoms with Crippen molar-refractivity contribution in [1.82, 2.24) is 10.0 Å². The van der Waals surface area contributed by atoms with Gasteiger partial charge in [0.2, 0.25) is 15.9 Å². The molecule has 7 nitrogen and oxygen atoms in total. The molecule has 1 aromatic rings. The van der Waals surface area contributed by atoms with E-state index in [2.05, 4.69) is 17.0 Å². The molecule has 0 atom stereocenters. The number of hydrogen-bond donors (Lipinski definition) is 2. The highest BCUT2D eigenvalue weighted by Crippen LogP contribution is 2.32. The SMILES string of the molecule is CCCCCNC(=O)CNS(=O)(=O)c1ccc2c(c1)OCCO2. The van der Waals surface area contributed by atoms with Crippen LogP contribution in [0.1, 0.15) is 26.2 Å². The van der Waals surface area contributed by atoms with Crippen molar-refractivity contribution in [3.8, 4) is 11.5 Å². The minimum Gasteiger partial charge on any atom is -0.486 e. The van der Waals surface area contributed by atoms with Crippen molar-refractivity contribution in [2.75, 3.05) is 26.3 Å². The van der Waals surface area contributed by atoms with Gasteiger partial charge in [-0.15, -0.1) is 0 Å². The molecule has 0 radical (unpaired) electrons. The Morgan fingerprint density at radius 1 is 1.17 bits per heavy atom. The van der Waals surface area contributed by atoms with E-state index in [1.54, 1.807) is 6.07 Å². The van der Waals surface area contributed by atoms with E-state index >= 15 is 0 Å². The number of hydrogen-bond acceptors (Lipinski definition) is 5. The summed E-state index contributed by atoms with van der Waals surface area (Å²) in [6.07, 6.45) is 2.98. The Kier molecular flexibility index (Phi) is 6.23. The van der Waals surface area contributed by atoms with Crippen LogP contribution in [0.2, 0.25) is 0 Å². The quantitative estimate of drug-likeness (QED) is 0.689. The molecule has 0 saturated carbocycles. The second-order valence-electron chi connectivity index (χ2n) is 5.19. The Labute approximate surface area is 136 Å². The smallest absolute Gasteiger partial charge is 0.241 e. The first kappa shape index (κ1) is 17.6. The third-order valence-corrected chi connectivity index (χ3v) is 4.75. The van der Waals surface area contributed by atoms with Crippen molar-refractivity contribution in [3.63, 3.8) is 0 Å². The Bertz CT molecular complexity index is 645. The van der Waals surface area contributed by atoms with Crippen molar-refractivity contribution in [2.24, 2.45) is 0 Å². The van der Waals surface area contributed by atoms with Gasteiger partial charge in [-0.2, -0.15) is 0 Å². The van der Waals surface area contributed by atoms with Crippen LogP contribution in [0, 0.1) is 0 Å². The first-order valence-corrected chi connectivity index (χ1v) is 9.17. The number of sulfonamides is 1. The first-order valence-electron chi connectivity index (χ1n) is 7.69. The molecule has 1 aromatic carbocycles. The number of nitrogens with one attached hydrogen (secondary N) is 2. The molecule has 0 saturated heterocycles. The van der Waals surface area contributed by atoms with E-state index in [-0.39, 0.29) is 17.3 Å². The number of rotatable bonds is 8. The van der Waals surface area contributed by atoms with E-state index in [0.29, 0.717) is 31.3 Å². The zero-order valence-corrected chi connectivity index (χ0v) is 13.9. The number of fused-ring (bicyclic) bond motifs is 1. The fraction of sp³-hybridized carbons (Fsp3) is 0.533. The van der Waals surface area contributed by atoms with Crippen LogP contribution < -0.4 is 19.5 Å². The Balaban J connectivity index is 1.90. The Morgan fingerprint density at radius 3 is 2.65 bits per heavy atom. The van der Waals surface area contributed by atoms with Crippen LogP contribution in [-0.4, -0.2) is 40.6 Å². The number of benzene rings is 1. The van der Waals surface area contributed by atoms with Crippen LogP contribution in [-0.2, 0) is 14.8 Å². The molecule has 0 unspecified atom stereocenters. The van der Waals surface area contributed by atoms with Gasteiger partial charge in [-0.3, -0.25) is 4.79 Å². The van der Waals surface area contributed by atoms with Gasteiger partial charge < -0.3 is 14.8 Å². The molecule has 0 aliphatic carbocycles. The van der Waals surface area contributed by atoms with Crippen LogP contribution in [0.4, 0.5) is 0 Å². The standard InChI is InChI=1S/C15H22N2O5S/c1-2-3-4-7-16-15(18)11-17-23(19,20)12-5-6-13-14(10-12)22-9-8-21-13/h5-6,10,17H,2-4,7-9,11H2,1H3,(H,16,18). The second kappa shape index (κ2) is 8.16. The summed E-state index contributed by atoms with van der Waals surface area (Å²) in [5.41, 5.74) is 0. The van der Waals surface area contributed by atoms with Crippen LogP contribution in [0.25, 0.3) is 0 Å². The van der Waals surface area contributed by atoms with E-state index in [0.717, 1.165) is 19.3 Å². The monoisotopic (exact) mass is 342 g/mol. The van der Waals surface area contributed by atoms with Crippen molar-refractivity contribution in [1.29, 1.82) is 0 Å². The van der Waals surface area contributed by atoms with Crippen LogP contribution in [0.15, 0.2) is 23.1 Å². The summed E-state index contributed by atoms with van der Waals surface area (Å²) in [5, 5.41) is 2.68. The Hall–Kier alpha value is -1.80. The minimum atomic E-state index is -3.77. The van der Waals surface area contributed by atoms with Gasteiger partial charge in [0.05, 0.1) is 11.4 Å². The molecule has 1 amide bonds. The van der Waals surface area contributed by atoms with Crippen molar-refractivity contribution >= 4 is 15.9 Å². The molecule has 0 fully saturated rings. The van der Waals surface area contributed by atoms with Crippen molar-refractivity contribution < 1.29 is 22.7 Å². The second-order valence-corrected chi connectivity index (χ2v) is 6.95. The van der Waals surface area contributed by atoms with E-state index in [1.807, 2.05) is 0 Å². The first-order chi connectivity index (χ1) is 11.0. The maximum absolute atomic E-state index is 12.2. The molecule has 128 valence electrons. The molecule has 0 aromatic heterocycles. The fourth-order valence-corrected chi connectivity index (χ4v) is 3.10. The largest absolute Gasteiger partial charge is 0.486 e. The summed E-state index contributed by atoms with van der Waals surface area (Å²) in [5.74, 6) is 0.564. The van der Waals surface area contributed by atoms with E-state index in [4.69, 9.17) is 9.47 Å². The highest BCUT2D eigenvalue weighted by Gasteiger charge is 2.19. The molecule has 23 heavy (non-hydrogen) atoms. The van der Waals surface area contributed by atoms with Gasteiger partial charge in [0, 0.05) is 12.6 Å². The number of amides is 1. The van der Waals surface area contributed by atoms with Gasteiger partial charge >= 0.3 is 0 Å². The Morgan fingerprint density at radius 2 is 1.91 bits per heavy atom. The maximum Gasteiger partial charge on any atom is 0.241 e. The molecule has 0 spiro atoms. The third kappa shape index (κ3) is 5.11. The average Bonchev–Trinajstić information content (AvgIpc) is 2.56. The summed E-state index contributed by atoms with van der Waals surface area (Å²) in [7, 11) is -3.77. The topological polar surface area (TPSA) is 93.7 Å². The zero-order chi connectivity index (χ0) is 16.7. The molecule has 1 aliphatic rings. The lowest BCUT2D eigenvalue weighted by molar-refractivity contribution is -0.119. The van der Waals surface area contributed by atoms with Crippen LogP contribution >= 0.6 is 0 Å². The predicted molar refractivity (Wildman–Crippen MR) is 85.2 cm³/mol. The summed E-state index contributed by atoms with van der Waals surface area (Å²) >= 11 is 0. The predicted octanol–water partition coefficient (Wildman–Crippen LogP) is 1.04. The van der Waals surface area contributed by atoms with E-state index in [9.17, 15) is 13.2 Å². The highest BCUT2D eigenvalue weighted by molar-refractivity contribution is 7.89. The maximum atomic E-state index is 12.2. The lowest BCUT2D eigenvalue weighted by Crippen LogP contribution is -2.37. The van der Waals surface area contributed by atoms with E-state index in [1.165, 1.54) is 12.1 Å². The molecule has 0 bridgehead atoms. The van der Waals surface area contributed by atoms with Gasteiger partial charge in [-0.1, -0.05) is 19.8 Å². The molecule has 8 heteroatoms. The fourth-order valence-electron chi connectivity index (χ4n) is 2.10. The lowest BCUT2D eigenvalue weighted by Gasteiger charge is -2.18. The summed E-state index contributed by atoms with van der Waals surface area (Å²) in [6.45, 7) is 3.16. The molecule has 1 heterocycles. The summed E-state index contributed by atoms with van der Waals surface area (Å²) in [6, 6.07) is 4.37. The lowest BCUT2D eigenvalue weighted by atomic mass is 10.2. The highest BCUT2D eigenvalue weighted by atomic mass is 32.2. The number of carbonyl (C=O) groups excluding carboxylic acids is 1. The van der Waals surface area contributed by atoms with Gasteiger partial charge in [0.25, 0.3) is 0 Å². The average molecular weight is 342 g/mol. The number of ether oxygens (including phenoxy) is 2. The molecule has 1 aliphatic heterocycles. The summed E-state index contributed by atoms with van der Waals surface area (Å²) < 4.78 is 37.4. The van der Waals surface area contributed by atoms with Gasteiger partial charge in [-0.25, -0.2) is 13.1 Å². The molecular weight excluding hydrogens is 320 g/mol. The number of unbranched alkanes of at least 4 members (excludes halogenated alkanes) is 2. The molecule has 2 rings (SSSR count). The van der Waals surface area contributed by atoms with Crippen LogP contribution in [0.3, 0.4) is 0 Å². The van der Waals surface area contributed by atoms with Gasteiger partial charge in [0.15, 0.2) is 11.5 Å². The summed E-state index contributed by atoms with van der Waals surface area (Å²) in [4.78, 5) is 11.7. The van der Waals surface area contributed by atoms with Gasteiger partial charge in [-0.05, 0) is 18.6 Å².